The summed E-state index contributed by atoms with van der Waals surface area (Å²) >= 11 is 0. The molecule has 21 heavy (non-hydrogen) atoms. The first-order chi connectivity index (χ1) is 10.4. The number of nitrogens with zero attached hydrogens (tertiary/aromatic N) is 2. The molecule has 0 aliphatic heterocycles. The Morgan fingerprint density at radius 1 is 0.571 bits per heavy atom. The molecule has 0 aromatic rings. The van der Waals surface area contributed by atoms with Crippen molar-refractivity contribution in [2.45, 2.75) is 25.7 Å². The van der Waals surface area contributed by atoms with Crippen LogP contribution in [0.2, 0.25) is 0 Å². The lowest BCUT2D eigenvalue weighted by Gasteiger charge is -2.06. The van der Waals surface area contributed by atoms with Gasteiger partial charge in [-0.1, -0.05) is 0 Å². The zero-order valence-electron chi connectivity index (χ0n) is 12.4. The number of rotatable bonds is 16. The summed E-state index contributed by atoms with van der Waals surface area (Å²) in [4.78, 5) is 26.4. The monoisotopic (exact) mass is 300 g/mol. The third-order valence-electron chi connectivity index (χ3n) is 2.40. The molecule has 0 aromatic heterocycles. The molecule has 0 saturated heterocycles. The van der Waals surface area contributed by atoms with E-state index in [1.54, 1.807) is 0 Å². The van der Waals surface area contributed by atoms with Crippen molar-refractivity contribution in [3.05, 3.63) is 0 Å². The van der Waals surface area contributed by atoms with Crippen LogP contribution in [0, 0.1) is 0 Å². The highest BCUT2D eigenvalue weighted by Crippen LogP contribution is 1.91. The van der Waals surface area contributed by atoms with Crippen LogP contribution in [0.15, 0.2) is 9.98 Å². The average Bonchev–Trinajstić information content (AvgIpc) is 2.50. The predicted octanol–water partition coefficient (Wildman–Crippen LogP) is 1.27. The molecule has 7 heteroatoms. The van der Waals surface area contributed by atoms with Crippen molar-refractivity contribution < 1.29 is 23.8 Å². The van der Waals surface area contributed by atoms with Gasteiger partial charge in [0.1, 0.15) is 0 Å². The molecule has 0 unspecified atom stereocenters. The highest BCUT2D eigenvalue weighted by molar-refractivity contribution is 5.32. The summed E-state index contributed by atoms with van der Waals surface area (Å²) in [7, 11) is 0. The van der Waals surface area contributed by atoms with E-state index in [1.807, 2.05) is 0 Å². The molecule has 120 valence electrons. The number of hydrogen-bond acceptors (Lipinski definition) is 7. The summed E-state index contributed by atoms with van der Waals surface area (Å²) in [6, 6.07) is 0. The molecule has 0 atom stereocenters. The fourth-order valence-electron chi connectivity index (χ4n) is 1.41. The number of ether oxygens (including phenoxy) is 3. The topological polar surface area (TPSA) is 86.6 Å². The van der Waals surface area contributed by atoms with E-state index in [-0.39, 0.29) is 0 Å². The fourth-order valence-corrected chi connectivity index (χ4v) is 1.41. The van der Waals surface area contributed by atoms with Crippen LogP contribution in [0.25, 0.3) is 0 Å². The van der Waals surface area contributed by atoms with Crippen LogP contribution in [-0.2, 0) is 23.8 Å². The Kier molecular flexibility index (Phi) is 17.4. The Hall–Kier alpha value is -1.36. The molecule has 0 heterocycles. The van der Waals surface area contributed by atoms with E-state index >= 15 is 0 Å². The SMILES string of the molecule is O=C=NCCCOCCCOCCCOCCCN=C=O. The maximum absolute atomic E-state index is 9.79. The lowest BCUT2D eigenvalue weighted by Crippen LogP contribution is -2.06. The predicted molar refractivity (Wildman–Crippen MR) is 76.9 cm³/mol. The molecule has 0 N–H and O–H groups in total. The first-order valence-corrected chi connectivity index (χ1v) is 7.22. The van der Waals surface area contributed by atoms with Gasteiger partial charge < -0.3 is 14.2 Å². The largest absolute Gasteiger partial charge is 0.381 e. The van der Waals surface area contributed by atoms with Gasteiger partial charge in [0.2, 0.25) is 12.2 Å². The highest BCUT2D eigenvalue weighted by atomic mass is 16.5. The Bertz CT molecular complexity index is 282. The van der Waals surface area contributed by atoms with Crippen LogP contribution in [0.3, 0.4) is 0 Å². The van der Waals surface area contributed by atoms with Crippen molar-refractivity contribution in [2.75, 3.05) is 52.7 Å². The van der Waals surface area contributed by atoms with Gasteiger partial charge in [-0.05, 0) is 25.7 Å². The normalized spacial score (nSPS) is 9.90. The lowest BCUT2D eigenvalue weighted by atomic mass is 10.4. The minimum atomic E-state index is 0.474. The molecule has 0 rings (SSSR count). The van der Waals surface area contributed by atoms with Crippen LogP contribution in [0.5, 0.6) is 0 Å². The maximum atomic E-state index is 9.79. The minimum Gasteiger partial charge on any atom is -0.381 e. The van der Waals surface area contributed by atoms with Crippen molar-refractivity contribution in [3.63, 3.8) is 0 Å². The zero-order chi connectivity index (χ0) is 15.4. The summed E-state index contributed by atoms with van der Waals surface area (Å²) in [6.07, 6.45) is 6.16. The Labute approximate surface area is 125 Å². The molecule has 0 saturated carbocycles. The van der Waals surface area contributed by atoms with Gasteiger partial charge in [0.25, 0.3) is 0 Å². The highest BCUT2D eigenvalue weighted by Gasteiger charge is 1.93. The molecule has 7 nitrogen and oxygen atoms in total. The zero-order valence-corrected chi connectivity index (χ0v) is 12.4. The van der Waals surface area contributed by atoms with Crippen molar-refractivity contribution in [3.8, 4) is 0 Å². The molecule has 0 fully saturated rings. The quantitative estimate of drug-likeness (QED) is 0.243. The molecule has 0 spiro atoms. The molecule has 0 bridgehead atoms. The second-order valence-electron chi connectivity index (χ2n) is 4.20. The van der Waals surface area contributed by atoms with Crippen molar-refractivity contribution in [2.24, 2.45) is 9.98 Å². The van der Waals surface area contributed by atoms with Gasteiger partial charge in [-0.2, -0.15) is 0 Å². The van der Waals surface area contributed by atoms with E-state index in [0.717, 1.165) is 25.7 Å². The number of aliphatic imine (C=N–C) groups is 2. The third kappa shape index (κ3) is 18.6. The number of isocyanates is 2. The van der Waals surface area contributed by atoms with E-state index < -0.39 is 0 Å². The molecule has 0 aliphatic rings. The Morgan fingerprint density at radius 3 is 1.24 bits per heavy atom. The number of hydrogen-bond donors (Lipinski definition) is 0. The van der Waals surface area contributed by atoms with Crippen LogP contribution in [0.4, 0.5) is 0 Å². The summed E-state index contributed by atoms with van der Waals surface area (Å²) in [6.45, 7) is 4.79. The van der Waals surface area contributed by atoms with E-state index in [9.17, 15) is 9.59 Å². The van der Waals surface area contributed by atoms with Gasteiger partial charge in [0.05, 0.1) is 13.1 Å². The second kappa shape index (κ2) is 18.6. The van der Waals surface area contributed by atoms with E-state index in [1.165, 1.54) is 12.2 Å². The standard InChI is InChI=1S/C14H24N2O5/c17-13-15-5-1-7-19-9-3-11-21-12-4-10-20-8-2-6-16-14-18/h1-12H2. The lowest BCUT2D eigenvalue weighted by molar-refractivity contribution is 0.0631. The molecule has 0 aromatic carbocycles. The maximum Gasteiger partial charge on any atom is 0.234 e. The van der Waals surface area contributed by atoms with Crippen LogP contribution in [-0.4, -0.2) is 64.9 Å². The van der Waals surface area contributed by atoms with Crippen LogP contribution < -0.4 is 0 Å². The van der Waals surface area contributed by atoms with Gasteiger partial charge in [-0.15, -0.1) is 0 Å². The Morgan fingerprint density at radius 2 is 0.905 bits per heavy atom. The van der Waals surface area contributed by atoms with Gasteiger partial charge >= 0.3 is 0 Å². The molecular weight excluding hydrogens is 276 g/mol. The van der Waals surface area contributed by atoms with Crippen LogP contribution in [0.1, 0.15) is 25.7 Å². The van der Waals surface area contributed by atoms with E-state index in [4.69, 9.17) is 14.2 Å². The van der Waals surface area contributed by atoms with E-state index in [0.29, 0.717) is 52.7 Å². The van der Waals surface area contributed by atoms with Gasteiger partial charge in [-0.3, -0.25) is 0 Å². The van der Waals surface area contributed by atoms with Gasteiger partial charge in [0.15, 0.2) is 0 Å². The molecule has 0 aliphatic carbocycles. The molecular formula is C14H24N2O5. The van der Waals surface area contributed by atoms with Gasteiger partial charge in [0, 0.05) is 39.6 Å². The fraction of sp³-hybridized carbons (Fsp3) is 0.857. The van der Waals surface area contributed by atoms with Crippen molar-refractivity contribution in [1.82, 2.24) is 0 Å². The number of carbonyl (C=O) groups excluding carboxylic acids is 2. The Balaban J connectivity index is 2.99. The summed E-state index contributed by atoms with van der Waals surface area (Å²) < 4.78 is 16.1. The summed E-state index contributed by atoms with van der Waals surface area (Å²) in [5.41, 5.74) is 0. The van der Waals surface area contributed by atoms with Crippen LogP contribution >= 0.6 is 0 Å². The van der Waals surface area contributed by atoms with E-state index in [2.05, 4.69) is 9.98 Å². The summed E-state index contributed by atoms with van der Waals surface area (Å²) in [5, 5.41) is 0. The average molecular weight is 300 g/mol. The second-order valence-corrected chi connectivity index (χ2v) is 4.20. The first kappa shape index (κ1) is 19.6. The molecule has 0 radical (unpaired) electrons. The van der Waals surface area contributed by atoms with Crippen molar-refractivity contribution >= 4 is 12.2 Å². The third-order valence-corrected chi connectivity index (χ3v) is 2.40. The smallest absolute Gasteiger partial charge is 0.234 e. The minimum absolute atomic E-state index is 0.474. The summed E-state index contributed by atoms with van der Waals surface area (Å²) in [5.74, 6) is 0. The van der Waals surface area contributed by atoms with Gasteiger partial charge in [-0.25, -0.2) is 19.6 Å². The first-order valence-electron chi connectivity index (χ1n) is 7.22. The van der Waals surface area contributed by atoms with Crippen molar-refractivity contribution in [1.29, 1.82) is 0 Å². The molecule has 0 amide bonds.